The van der Waals surface area contributed by atoms with E-state index in [4.69, 9.17) is 4.74 Å². The number of ether oxygens (including phenoxy) is 1. The number of benzene rings is 2. The van der Waals surface area contributed by atoms with Crippen molar-refractivity contribution in [1.82, 2.24) is 9.88 Å². The molecular weight excluding hydrogens is 418 g/mol. The first-order valence-electron chi connectivity index (χ1n) is 9.67. The van der Waals surface area contributed by atoms with Gasteiger partial charge >= 0.3 is 0 Å². The molecule has 2 aromatic carbocycles. The van der Waals surface area contributed by atoms with Crippen molar-refractivity contribution in [3.05, 3.63) is 101 Å². The summed E-state index contributed by atoms with van der Waals surface area (Å²) < 4.78 is 32.7. The van der Waals surface area contributed by atoms with Gasteiger partial charge in [0, 0.05) is 18.9 Å². The molecule has 1 aliphatic rings. The molecule has 1 aliphatic heterocycles. The van der Waals surface area contributed by atoms with E-state index >= 15 is 0 Å². The highest BCUT2D eigenvalue weighted by molar-refractivity contribution is 6.46. The van der Waals surface area contributed by atoms with Crippen molar-refractivity contribution in [2.24, 2.45) is 0 Å². The molecule has 6 nitrogen and oxygen atoms in total. The van der Waals surface area contributed by atoms with Gasteiger partial charge in [0.05, 0.1) is 24.3 Å². The van der Waals surface area contributed by atoms with E-state index in [1.54, 1.807) is 24.5 Å². The summed E-state index contributed by atoms with van der Waals surface area (Å²) in [5, 5.41) is 11.1. The first-order chi connectivity index (χ1) is 15.4. The SMILES string of the molecule is COc1ccc(F)cc1/C(O)=C1\C(=O)C(=O)N(Cc2cccnc2)C1c1ccc(F)cc1. The summed E-state index contributed by atoms with van der Waals surface area (Å²) in [5.41, 5.74) is 0.754. The van der Waals surface area contributed by atoms with Gasteiger partial charge in [0.15, 0.2) is 0 Å². The van der Waals surface area contributed by atoms with Crippen molar-refractivity contribution in [2.45, 2.75) is 12.6 Å². The molecule has 2 heterocycles. The number of hydrogen-bond acceptors (Lipinski definition) is 5. The molecule has 1 saturated heterocycles. The maximum Gasteiger partial charge on any atom is 0.295 e. The molecular formula is C24H18F2N2O4. The molecule has 3 aromatic rings. The van der Waals surface area contributed by atoms with Crippen LogP contribution >= 0.6 is 0 Å². The van der Waals surface area contributed by atoms with Crippen molar-refractivity contribution in [3.63, 3.8) is 0 Å². The Hall–Kier alpha value is -4.07. The average molecular weight is 436 g/mol. The van der Waals surface area contributed by atoms with Gasteiger partial charge < -0.3 is 14.7 Å². The molecule has 4 rings (SSSR count). The van der Waals surface area contributed by atoms with Gasteiger partial charge in [-0.2, -0.15) is 0 Å². The molecule has 0 aliphatic carbocycles. The summed E-state index contributed by atoms with van der Waals surface area (Å²) in [6.45, 7) is 0.0253. The Kier molecular flexibility index (Phi) is 5.68. The predicted molar refractivity (Wildman–Crippen MR) is 111 cm³/mol. The summed E-state index contributed by atoms with van der Waals surface area (Å²) in [6, 6.07) is 11.1. The number of carbonyl (C=O) groups excluding carboxylic acids is 2. The fraction of sp³-hybridized carbons (Fsp3) is 0.125. The van der Waals surface area contributed by atoms with Crippen molar-refractivity contribution < 1.29 is 28.2 Å². The zero-order valence-corrected chi connectivity index (χ0v) is 17.0. The van der Waals surface area contributed by atoms with E-state index in [0.29, 0.717) is 11.1 Å². The minimum absolute atomic E-state index is 0.0253. The van der Waals surface area contributed by atoms with Crippen LogP contribution in [-0.4, -0.2) is 33.8 Å². The third kappa shape index (κ3) is 3.82. The standard InChI is InChI=1S/C24H18F2N2O4/c1-32-19-9-8-17(26)11-18(19)22(29)20-21(15-4-6-16(25)7-5-15)28(24(31)23(20)30)13-14-3-2-10-27-12-14/h2-12,21,29H,13H2,1H3/b22-20+. The van der Waals surface area contributed by atoms with Crippen molar-refractivity contribution in [2.75, 3.05) is 7.11 Å². The lowest BCUT2D eigenvalue weighted by atomic mass is 9.95. The molecule has 162 valence electrons. The number of amides is 1. The topological polar surface area (TPSA) is 79.7 Å². The Morgan fingerprint density at radius 1 is 1.09 bits per heavy atom. The summed E-state index contributed by atoms with van der Waals surface area (Å²) >= 11 is 0. The number of halogens is 2. The smallest absolute Gasteiger partial charge is 0.295 e. The van der Waals surface area contributed by atoms with Crippen LogP contribution in [0.3, 0.4) is 0 Å². The monoisotopic (exact) mass is 436 g/mol. The molecule has 1 fully saturated rings. The van der Waals surface area contributed by atoms with Crippen LogP contribution in [0.25, 0.3) is 5.76 Å². The number of methoxy groups -OCH3 is 1. The van der Waals surface area contributed by atoms with Gasteiger partial charge in [0.1, 0.15) is 23.1 Å². The third-order valence-corrected chi connectivity index (χ3v) is 5.22. The van der Waals surface area contributed by atoms with Gasteiger partial charge in [0.25, 0.3) is 11.7 Å². The van der Waals surface area contributed by atoms with Crippen LogP contribution < -0.4 is 4.74 Å². The summed E-state index contributed by atoms with van der Waals surface area (Å²) in [5.74, 6) is -3.39. The second kappa shape index (κ2) is 8.58. The number of Topliss-reactive ketones (excluding diaryl/α,β-unsaturated/α-hetero) is 1. The number of carbonyl (C=O) groups is 2. The Morgan fingerprint density at radius 2 is 1.81 bits per heavy atom. The third-order valence-electron chi connectivity index (χ3n) is 5.22. The number of pyridine rings is 1. The first-order valence-corrected chi connectivity index (χ1v) is 9.67. The number of ketones is 1. The van der Waals surface area contributed by atoms with Gasteiger partial charge in [-0.3, -0.25) is 14.6 Å². The number of aromatic nitrogens is 1. The lowest BCUT2D eigenvalue weighted by molar-refractivity contribution is -0.140. The van der Waals surface area contributed by atoms with Crippen molar-refractivity contribution >= 4 is 17.4 Å². The van der Waals surface area contributed by atoms with Gasteiger partial charge in [-0.05, 0) is 47.5 Å². The highest BCUT2D eigenvalue weighted by Gasteiger charge is 2.46. The quantitative estimate of drug-likeness (QED) is 0.372. The van der Waals surface area contributed by atoms with Gasteiger partial charge in [-0.15, -0.1) is 0 Å². The number of likely N-dealkylation sites (tertiary alicyclic amines) is 1. The molecule has 1 N–H and O–H groups in total. The first kappa shape index (κ1) is 21.2. The minimum Gasteiger partial charge on any atom is -0.507 e. The predicted octanol–water partition coefficient (Wildman–Crippen LogP) is 3.99. The average Bonchev–Trinajstić information content (AvgIpc) is 3.04. The summed E-state index contributed by atoms with van der Waals surface area (Å²) in [4.78, 5) is 31.3. The second-order valence-corrected chi connectivity index (χ2v) is 7.18. The normalized spacial score (nSPS) is 17.6. The molecule has 1 aromatic heterocycles. The number of aliphatic hydroxyl groups is 1. The maximum absolute atomic E-state index is 13.9. The molecule has 0 spiro atoms. The molecule has 0 saturated carbocycles. The number of aliphatic hydroxyl groups excluding tert-OH is 1. The van der Waals surface area contributed by atoms with Crippen LogP contribution in [0.5, 0.6) is 5.75 Å². The molecule has 0 bridgehead atoms. The van der Waals surface area contributed by atoms with Crippen LogP contribution in [0.15, 0.2) is 72.6 Å². The lowest BCUT2D eigenvalue weighted by Gasteiger charge is -2.25. The molecule has 0 radical (unpaired) electrons. The fourth-order valence-corrected chi connectivity index (χ4v) is 3.73. The van der Waals surface area contributed by atoms with E-state index < -0.39 is 35.1 Å². The Balaban J connectivity index is 1.91. The fourth-order valence-electron chi connectivity index (χ4n) is 3.73. The van der Waals surface area contributed by atoms with Gasteiger partial charge in [0.2, 0.25) is 0 Å². The highest BCUT2D eigenvalue weighted by Crippen LogP contribution is 2.41. The van der Waals surface area contributed by atoms with E-state index in [1.807, 2.05) is 0 Å². The zero-order valence-electron chi connectivity index (χ0n) is 17.0. The molecule has 32 heavy (non-hydrogen) atoms. The van der Waals surface area contributed by atoms with Gasteiger partial charge in [-0.1, -0.05) is 18.2 Å². The molecule has 1 atom stereocenters. The largest absolute Gasteiger partial charge is 0.507 e. The van der Waals surface area contributed by atoms with E-state index in [0.717, 1.165) is 12.1 Å². The van der Waals surface area contributed by atoms with Crippen LogP contribution in [0.2, 0.25) is 0 Å². The Bertz CT molecular complexity index is 1210. The van der Waals surface area contributed by atoms with Crippen molar-refractivity contribution in [3.8, 4) is 5.75 Å². The lowest BCUT2D eigenvalue weighted by Crippen LogP contribution is -2.29. The van der Waals surface area contributed by atoms with E-state index in [9.17, 15) is 23.5 Å². The van der Waals surface area contributed by atoms with Crippen LogP contribution in [-0.2, 0) is 16.1 Å². The van der Waals surface area contributed by atoms with Gasteiger partial charge in [-0.25, -0.2) is 8.78 Å². The Morgan fingerprint density at radius 3 is 2.47 bits per heavy atom. The summed E-state index contributed by atoms with van der Waals surface area (Å²) in [6.07, 6.45) is 3.13. The molecule has 1 unspecified atom stereocenters. The second-order valence-electron chi connectivity index (χ2n) is 7.18. The maximum atomic E-state index is 13.9. The minimum atomic E-state index is -1.02. The number of rotatable bonds is 5. The summed E-state index contributed by atoms with van der Waals surface area (Å²) in [7, 11) is 1.34. The zero-order chi connectivity index (χ0) is 22.8. The van der Waals surface area contributed by atoms with Crippen LogP contribution in [0, 0.1) is 11.6 Å². The number of nitrogens with zero attached hydrogens (tertiary/aromatic N) is 2. The van der Waals surface area contributed by atoms with Crippen LogP contribution in [0.1, 0.15) is 22.7 Å². The van der Waals surface area contributed by atoms with E-state index in [-0.39, 0.29) is 23.4 Å². The Labute approximate surface area is 182 Å². The number of hydrogen-bond donors (Lipinski definition) is 1. The van der Waals surface area contributed by atoms with Crippen molar-refractivity contribution in [1.29, 1.82) is 0 Å². The van der Waals surface area contributed by atoms with Crippen LogP contribution in [0.4, 0.5) is 8.78 Å². The highest BCUT2D eigenvalue weighted by atomic mass is 19.1. The molecule has 1 amide bonds. The molecule has 8 heteroatoms. The van der Waals surface area contributed by atoms with E-state index in [2.05, 4.69) is 4.98 Å². The van der Waals surface area contributed by atoms with E-state index in [1.165, 1.54) is 42.3 Å².